The molecule has 1 aromatic heterocycles. The fourth-order valence-electron chi connectivity index (χ4n) is 1.51. The summed E-state index contributed by atoms with van der Waals surface area (Å²) in [7, 11) is 0. The Balaban J connectivity index is 2.30. The number of halogens is 2. The smallest absolute Gasteiger partial charge is 0.218 e. The first-order chi connectivity index (χ1) is 8.06. The molecule has 0 amide bonds. The van der Waals surface area contributed by atoms with Gasteiger partial charge in [0.15, 0.2) is 0 Å². The van der Waals surface area contributed by atoms with Crippen LogP contribution in [0, 0.1) is 3.57 Å². The molecule has 0 aliphatic heterocycles. The van der Waals surface area contributed by atoms with Gasteiger partial charge < -0.3 is 10.3 Å². The van der Waals surface area contributed by atoms with Crippen molar-refractivity contribution >= 4 is 44.2 Å². The molecular weight excluding hydrogens is 395 g/mol. The molecule has 0 saturated carbocycles. The molecule has 0 spiro atoms. The van der Waals surface area contributed by atoms with Gasteiger partial charge in [0.05, 0.1) is 10.2 Å². The van der Waals surface area contributed by atoms with Crippen LogP contribution in [0.2, 0.25) is 0 Å². The molecular formula is C12H10BrIN2O. The summed E-state index contributed by atoms with van der Waals surface area (Å²) < 4.78 is 3.58. The molecule has 5 heteroatoms. The van der Waals surface area contributed by atoms with Crippen molar-refractivity contribution in [3.05, 3.63) is 60.5 Å². The zero-order valence-corrected chi connectivity index (χ0v) is 12.6. The lowest BCUT2D eigenvalue weighted by atomic mass is 10.2. The molecule has 3 nitrogen and oxygen atoms in total. The first-order valence-corrected chi connectivity index (χ1v) is 6.83. The van der Waals surface area contributed by atoms with Crippen LogP contribution in [0.15, 0.2) is 45.9 Å². The van der Waals surface area contributed by atoms with Gasteiger partial charge >= 0.3 is 0 Å². The molecule has 0 aliphatic carbocycles. The summed E-state index contributed by atoms with van der Waals surface area (Å²) in [6, 6.07) is 8.22. The van der Waals surface area contributed by atoms with Gasteiger partial charge in [-0.3, -0.25) is 4.79 Å². The Kier molecular flexibility index (Phi) is 3.88. The maximum atomic E-state index is 11.4. The van der Waals surface area contributed by atoms with E-state index in [1.54, 1.807) is 12.4 Å². The molecule has 0 atom stereocenters. The Hall–Kier alpha value is -0.820. The summed E-state index contributed by atoms with van der Waals surface area (Å²) in [5.41, 5.74) is 6.89. The van der Waals surface area contributed by atoms with Crippen LogP contribution in [0.4, 0.5) is 5.69 Å². The third-order valence-corrected chi connectivity index (χ3v) is 3.63. The number of pyridine rings is 1. The molecule has 0 unspecified atom stereocenters. The van der Waals surface area contributed by atoms with Gasteiger partial charge in [-0.2, -0.15) is 0 Å². The molecule has 0 fully saturated rings. The molecule has 0 saturated heterocycles. The van der Waals surface area contributed by atoms with Gasteiger partial charge in [0.25, 0.3) is 0 Å². The van der Waals surface area contributed by atoms with Gasteiger partial charge in [0.2, 0.25) is 5.43 Å². The summed E-state index contributed by atoms with van der Waals surface area (Å²) in [4.78, 5) is 11.4. The number of hydrogen-bond acceptors (Lipinski definition) is 2. The molecule has 0 aliphatic rings. The first-order valence-electron chi connectivity index (χ1n) is 4.96. The Morgan fingerprint density at radius 3 is 2.47 bits per heavy atom. The van der Waals surface area contributed by atoms with Crippen molar-refractivity contribution in [1.82, 2.24) is 4.57 Å². The minimum atomic E-state index is -0.163. The summed E-state index contributed by atoms with van der Waals surface area (Å²) in [5.74, 6) is 0. The minimum absolute atomic E-state index is 0.163. The number of hydrogen-bond donors (Lipinski definition) is 1. The van der Waals surface area contributed by atoms with Crippen molar-refractivity contribution in [1.29, 1.82) is 0 Å². The normalized spacial score (nSPS) is 10.5. The highest BCUT2D eigenvalue weighted by Crippen LogP contribution is 2.11. The summed E-state index contributed by atoms with van der Waals surface area (Å²) in [5, 5.41) is 0. The van der Waals surface area contributed by atoms with Crippen LogP contribution in [-0.4, -0.2) is 4.57 Å². The van der Waals surface area contributed by atoms with Crippen molar-refractivity contribution in [3.8, 4) is 0 Å². The van der Waals surface area contributed by atoms with E-state index in [-0.39, 0.29) is 11.1 Å². The minimum Gasteiger partial charge on any atom is -0.394 e. The van der Waals surface area contributed by atoms with E-state index < -0.39 is 0 Å². The van der Waals surface area contributed by atoms with Gasteiger partial charge in [-0.25, -0.2) is 0 Å². The second-order valence-corrected chi connectivity index (χ2v) is 5.79. The zero-order chi connectivity index (χ0) is 12.4. The maximum absolute atomic E-state index is 11.4. The first kappa shape index (κ1) is 12.6. The lowest BCUT2D eigenvalue weighted by Crippen LogP contribution is -2.13. The van der Waals surface area contributed by atoms with E-state index in [2.05, 4.69) is 62.8 Å². The number of nitrogens with zero attached hydrogens (tertiary/aromatic N) is 1. The topological polar surface area (TPSA) is 48.0 Å². The standard InChI is InChI=1S/C12H10BrIN2O/c13-10-6-16(7-11(15)12(10)17)5-8-1-3-9(14)4-2-8/h1-4,6-7H,5,15H2. The summed E-state index contributed by atoms with van der Waals surface area (Å²) in [6.45, 7) is 0.694. The Morgan fingerprint density at radius 1 is 1.24 bits per heavy atom. The molecule has 17 heavy (non-hydrogen) atoms. The van der Waals surface area contributed by atoms with Crippen molar-refractivity contribution in [2.45, 2.75) is 6.54 Å². The number of aromatic nitrogens is 1. The number of nitrogen functional groups attached to an aromatic ring is 1. The molecule has 2 rings (SSSR count). The molecule has 2 aromatic rings. The van der Waals surface area contributed by atoms with Crippen LogP contribution in [0.5, 0.6) is 0 Å². The quantitative estimate of drug-likeness (QED) is 0.782. The van der Waals surface area contributed by atoms with Gasteiger partial charge in [-0.05, 0) is 56.2 Å². The van der Waals surface area contributed by atoms with E-state index >= 15 is 0 Å². The molecule has 88 valence electrons. The highest BCUT2D eigenvalue weighted by atomic mass is 127. The fraction of sp³-hybridized carbons (Fsp3) is 0.0833. The van der Waals surface area contributed by atoms with Crippen LogP contribution in [0.25, 0.3) is 0 Å². The maximum Gasteiger partial charge on any atom is 0.218 e. The van der Waals surface area contributed by atoms with Crippen LogP contribution in [0.1, 0.15) is 5.56 Å². The van der Waals surface area contributed by atoms with Crippen molar-refractivity contribution in [2.75, 3.05) is 5.73 Å². The largest absolute Gasteiger partial charge is 0.394 e. The summed E-state index contributed by atoms with van der Waals surface area (Å²) >= 11 is 5.47. The third kappa shape index (κ3) is 3.10. The van der Waals surface area contributed by atoms with E-state index in [9.17, 15) is 4.79 Å². The Labute approximate surface area is 121 Å². The van der Waals surface area contributed by atoms with Crippen LogP contribution >= 0.6 is 38.5 Å². The number of benzene rings is 1. The van der Waals surface area contributed by atoms with Crippen molar-refractivity contribution < 1.29 is 0 Å². The second-order valence-electron chi connectivity index (χ2n) is 3.69. The molecule has 2 N–H and O–H groups in total. The average molecular weight is 405 g/mol. The molecule has 1 aromatic carbocycles. The lowest BCUT2D eigenvalue weighted by Gasteiger charge is -2.08. The van der Waals surface area contributed by atoms with E-state index in [0.717, 1.165) is 0 Å². The highest BCUT2D eigenvalue weighted by molar-refractivity contribution is 14.1. The lowest BCUT2D eigenvalue weighted by molar-refractivity contribution is 0.787. The van der Waals surface area contributed by atoms with Gasteiger partial charge in [-0.1, -0.05) is 12.1 Å². The number of anilines is 1. The monoisotopic (exact) mass is 404 g/mol. The van der Waals surface area contributed by atoms with Crippen LogP contribution < -0.4 is 11.2 Å². The van der Waals surface area contributed by atoms with Crippen molar-refractivity contribution in [3.63, 3.8) is 0 Å². The van der Waals surface area contributed by atoms with Crippen LogP contribution in [0.3, 0.4) is 0 Å². The predicted octanol–water partition coefficient (Wildman–Crippen LogP) is 2.85. The van der Waals surface area contributed by atoms with Gasteiger partial charge in [0.1, 0.15) is 0 Å². The van der Waals surface area contributed by atoms with Gasteiger partial charge in [0, 0.05) is 22.5 Å². The Morgan fingerprint density at radius 2 is 1.88 bits per heavy atom. The van der Waals surface area contributed by atoms with E-state index in [1.165, 1.54) is 9.13 Å². The molecule has 1 heterocycles. The van der Waals surface area contributed by atoms with Crippen LogP contribution in [-0.2, 0) is 6.54 Å². The fourth-order valence-corrected chi connectivity index (χ4v) is 2.36. The molecule has 0 radical (unpaired) electrons. The number of nitrogens with two attached hydrogens (primary N) is 1. The predicted molar refractivity (Wildman–Crippen MR) is 81.1 cm³/mol. The Bertz CT molecular complexity index is 566. The van der Waals surface area contributed by atoms with E-state index in [1.807, 2.05) is 4.57 Å². The third-order valence-electron chi connectivity index (χ3n) is 2.34. The van der Waals surface area contributed by atoms with E-state index in [0.29, 0.717) is 11.0 Å². The average Bonchev–Trinajstić information content (AvgIpc) is 2.29. The molecule has 0 bridgehead atoms. The summed E-state index contributed by atoms with van der Waals surface area (Å²) in [6.07, 6.45) is 3.40. The van der Waals surface area contributed by atoms with E-state index in [4.69, 9.17) is 5.73 Å². The SMILES string of the molecule is Nc1cn(Cc2ccc(I)cc2)cc(Br)c1=O. The van der Waals surface area contributed by atoms with Crippen molar-refractivity contribution in [2.24, 2.45) is 0 Å². The number of rotatable bonds is 2. The second kappa shape index (κ2) is 5.22. The zero-order valence-electron chi connectivity index (χ0n) is 8.86. The highest BCUT2D eigenvalue weighted by Gasteiger charge is 2.02. The van der Waals surface area contributed by atoms with Gasteiger partial charge in [-0.15, -0.1) is 0 Å².